The molecule has 16 heavy (non-hydrogen) atoms. The van der Waals surface area contributed by atoms with Crippen LogP contribution in [0.4, 0.5) is 8.78 Å². The molecule has 0 spiro atoms. The van der Waals surface area contributed by atoms with Crippen molar-refractivity contribution in [2.45, 2.75) is 6.04 Å². The molecule has 1 aromatic heterocycles. The van der Waals surface area contributed by atoms with E-state index < -0.39 is 11.6 Å². The smallest absolute Gasteiger partial charge is 0.159 e. The van der Waals surface area contributed by atoms with Crippen LogP contribution < -0.4 is 5.32 Å². The first kappa shape index (κ1) is 10.8. The molecule has 1 aromatic carbocycles. The van der Waals surface area contributed by atoms with E-state index in [2.05, 4.69) is 15.5 Å². The summed E-state index contributed by atoms with van der Waals surface area (Å²) in [7, 11) is 1.75. The lowest BCUT2D eigenvalue weighted by Gasteiger charge is -2.14. The van der Waals surface area contributed by atoms with E-state index in [-0.39, 0.29) is 6.04 Å². The minimum atomic E-state index is -0.846. The van der Waals surface area contributed by atoms with E-state index >= 15 is 0 Å². The molecule has 0 fully saturated rings. The van der Waals surface area contributed by atoms with Gasteiger partial charge in [0, 0.05) is 11.8 Å². The van der Waals surface area contributed by atoms with Crippen LogP contribution in [0.25, 0.3) is 0 Å². The predicted octanol–water partition coefficient (Wildman–Crippen LogP) is 2.00. The van der Waals surface area contributed by atoms with Crippen molar-refractivity contribution in [2.75, 3.05) is 7.05 Å². The number of benzene rings is 1. The van der Waals surface area contributed by atoms with E-state index in [1.165, 1.54) is 6.07 Å². The molecule has 0 aliphatic heterocycles. The molecular formula is C11H11F2N3. The van der Waals surface area contributed by atoms with Gasteiger partial charge in [0.1, 0.15) is 0 Å². The molecular weight excluding hydrogens is 212 g/mol. The van der Waals surface area contributed by atoms with Gasteiger partial charge in [0.2, 0.25) is 0 Å². The van der Waals surface area contributed by atoms with E-state index in [1.807, 2.05) is 0 Å². The Morgan fingerprint density at radius 2 is 2.06 bits per heavy atom. The standard InChI is InChI=1S/C11H11F2N3/c1-14-11(8-5-15-16-6-8)7-2-3-9(12)10(13)4-7/h2-6,11,14H,1H3,(H,15,16). The summed E-state index contributed by atoms with van der Waals surface area (Å²) in [6.07, 6.45) is 3.35. The Bertz CT molecular complexity index is 468. The summed E-state index contributed by atoms with van der Waals surface area (Å²) >= 11 is 0. The number of hydrogen-bond acceptors (Lipinski definition) is 2. The number of nitrogens with one attached hydrogen (secondary N) is 2. The first-order valence-electron chi connectivity index (χ1n) is 4.83. The van der Waals surface area contributed by atoms with Gasteiger partial charge in [0.05, 0.1) is 12.2 Å². The van der Waals surface area contributed by atoms with E-state index in [1.54, 1.807) is 25.5 Å². The van der Waals surface area contributed by atoms with E-state index in [4.69, 9.17) is 0 Å². The minimum Gasteiger partial charge on any atom is -0.309 e. The summed E-state index contributed by atoms with van der Waals surface area (Å²) in [4.78, 5) is 0. The zero-order valence-electron chi connectivity index (χ0n) is 8.67. The summed E-state index contributed by atoms with van der Waals surface area (Å²) in [6, 6.07) is 3.65. The normalized spacial score (nSPS) is 12.7. The van der Waals surface area contributed by atoms with Gasteiger partial charge in [-0.2, -0.15) is 5.10 Å². The Labute approximate surface area is 91.5 Å². The lowest BCUT2D eigenvalue weighted by atomic mass is 10.0. The summed E-state index contributed by atoms with van der Waals surface area (Å²) in [5.74, 6) is -1.69. The van der Waals surface area contributed by atoms with E-state index in [9.17, 15) is 8.78 Å². The van der Waals surface area contributed by atoms with Gasteiger partial charge >= 0.3 is 0 Å². The SMILES string of the molecule is CNC(c1cn[nH]c1)c1ccc(F)c(F)c1. The Hall–Kier alpha value is -1.75. The number of nitrogens with zero attached hydrogens (tertiary/aromatic N) is 1. The highest BCUT2D eigenvalue weighted by Crippen LogP contribution is 2.22. The van der Waals surface area contributed by atoms with Crippen molar-refractivity contribution in [3.8, 4) is 0 Å². The van der Waals surface area contributed by atoms with Crippen LogP contribution in [0.2, 0.25) is 0 Å². The molecule has 2 rings (SSSR count). The summed E-state index contributed by atoms with van der Waals surface area (Å²) < 4.78 is 25.9. The zero-order valence-corrected chi connectivity index (χ0v) is 8.67. The van der Waals surface area contributed by atoms with Crippen LogP contribution in [0.5, 0.6) is 0 Å². The van der Waals surface area contributed by atoms with Gasteiger partial charge in [-0.25, -0.2) is 8.78 Å². The summed E-state index contributed by atoms with van der Waals surface area (Å²) in [6.45, 7) is 0. The van der Waals surface area contributed by atoms with Crippen LogP contribution in [0.3, 0.4) is 0 Å². The van der Waals surface area contributed by atoms with Crippen molar-refractivity contribution in [1.82, 2.24) is 15.5 Å². The molecule has 2 N–H and O–H groups in total. The Morgan fingerprint density at radius 3 is 2.62 bits per heavy atom. The van der Waals surface area contributed by atoms with Gasteiger partial charge in [-0.05, 0) is 24.7 Å². The average Bonchev–Trinajstić information content (AvgIpc) is 2.78. The van der Waals surface area contributed by atoms with Crippen molar-refractivity contribution >= 4 is 0 Å². The van der Waals surface area contributed by atoms with Crippen LogP contribution in [0, 0.1) is 11.6 Å². The number of aromatic nitrogens is 2. The lowest BCUT2D eigenvalue weighted by Crippen LogP contribution is -2.17. The molecule has 0 saturated carbocycles. The van der Waals surface area contributed by atoms with Crippen LogP contribution in [0.15, 0.2) is 30.6 Å². The quantitative estimate of drug-likeness (QED) is 0.835. The average molecular weight is 223 g/mol. The van der Waals surface area contributed by atoms with Crippen LogP contribution >= 0.6 is 0 Å². The molecule has 1 atom stereocenters. The second-order valence-corrected chi connectivity index (χ2v) is 3.43. The molecule has 0 aliphatic carbocycles. The molecule has 0 radical (unpaired) electrons. The number of aromatic amines is 1. The highest BCUT2D eigenvalue weighted by Gasteiger charge is 2.14. The second kappa shape index (κ2) is 4.40. The fourth-order valence-electron chi connectivity index (χ4n) is 1.64. The molecule has 3 nitrogen and oxygen atoms in total. The Morgan fingerprint density at radius 1 is 1.25 bits per heavy atom. The van der Waals surface area contributed by atoms with Crippen molar-refractivity contribution in [1.29, 1.82) is 0 Å². The van der Waals surface area contributed by atoms with Crippen LogP contribution in [-0.4, -0.2) is 17.2 Å². The second-order valence-electron chi connectivity index (χ2n) is 3.43. The van der Waals surface area contributed by atoms with Crippen molar-refractivity contribution in [3.63, 3.8) is 0 Å². The Kier molecular flexibility index (Phi) is 2.96. The van der Waals surface area contributed by atoms with Crippen LogP contribution in [0.1, 0.15) is 17.2 Å². The van der Waals surface area contributed by atoms with Gasteiger partial charge in [0.15, 0.2) is 11.6 Å². The maximum atomic E-state index is 13.1. The molecule has 1 unspecified atom stereocenters. The third kappa shape index (κ3) is 1.94. The van der Waals surface area contributed by atoms with Gasteiger partial charge < -0.3 is 5.32 Å². The molecule has 1 heterocycles. The molecule has 0 saturated heterocycles. The fraction of sp³-hybridized carbons (Fsp3) is 0.182. The molecule has 84 valence electrons. The molecule has 5 heteroatoms. The first-order valence-corrected chi connectivity index (χ1v) is 4.83. The predicted molar refractivity (Wildman–Crippen MR) is 55.8 cm³/mol. The minimum absolute atomic E-state index is 0.200. The number of hydrogen-bond donors (Lipinski definition) is 2. The number of H-pyrrole nitrogens is 1. The van der Waals surface area contributed by atoms with Gasteiger partial charge in [-0.15, -0.1) is 0 Å². The van der Waals surface area contributed by atoms with Crippen molar-refractivity contribution in [2.24, 2.45) is 0 Å². The number of rotatable bonds is 3. The number of halogens is 2. The largest absolute Gasteiger partial charge is 0.309 e. The van der Waals surface area contributed by atoms with Crippen LogP contribution in [-0.2, 0) is 0 Å². The zero-order chi connectivity index (χ0) is 11.5. The Balaban J connectivity index is 2.37. The third-order valence-corrected chi connectivity index (χ3v) is 2.42. The molecule has 0 bridgehead atoms. The molecule has 0 amide bonds. The first-order chi connectivity index (χ1) is 7.72. The third-order valence-electron chi connectivity index (χ3n) is 2.42. The lowest BCUT2D eigenvalue weighted by molar-refractivity contribution is 0.505. The maximum Gasteiger partial charge on any atom is 0.159 e. The summed E-state index contributed by atoms with van der Waals surface area (Å²) in [5.41, 5.74) is 1.52. The fourth-order valence-corrected chi connectivity index (χ4v) is 1.64. The molecule has 0 aliphatic rings. The molecule has 2 aromatic rings. The topological polar surface area (TPSA) is 40.7 Å². The van der Waals surface area contributed by atoms with Crippen molar-refractivity contribution < 1.29 is 8.78 Å². The highest BCUT2D eigenvalue weighted by molar-refractivity contribution is 5.29. The summed E-state index contributed by atoms with van der Waals surface area (Å²) in [5, 5.41) is 9.52. The van der Waals surface area contributed by atoms with Gasteiger partial charge in [0.25, 0.3) is 0 Å². The monoisotopic (exact) mass is 223 g/mol. The van der Waals surface area contributed by atoms with Gasteiger partial charge in [-0.3, -0.25) is 5.10 Å². The van der Waals surface area contributed by atoms with Crippen molar-refractivity contribution in [3.05, 3.63) is 53.4 Å². The van der Waals surface area contributed by atoms with E-state index in [0.29, 0.717) is 5.56 Å². The van der Waals surface area contributed by atoms with E-state index in [0.717, 1.165) is 11.6 Å². The maximum absolute atomic E-state index is 13.1. The van der Waals surface area contributed by atoms with Gasteiger partial charge in [-0.1, -0.05) is 6.07 Å². The highest BCUT2D eigenvalue weighted by atomic mass is 19.2.